The minimum absolute atomic E-state index is 0.0172. The van der Waals surface area contributed by atoms with Gasteiger partial charge >= 0.3 is 0 Å². The van der Waals surface area contributed by atoms with Crippen LogP contribution in [0.15, 0.2) is 70.2 Å². The number of hydrogen-bond donors (Lipinski definition) is 0. The third kappa shape index (κ3) is 4.28. The first kappa shape index (κ1) is 19.9. The topological polar surface area (TPSA) is 44.1 Å². The van der Waals surface area contributed by atoms with E-state index >= 15 is 0 Å². The van der Waals surface area contributed by atoms with Crippen molar-refractivity contribution in [2.45, 2.75) is 26.3 Å². The highest BCUT2D eigenvalue weighted by Crippen LogP contribution is 2.36. The molecule has 4 nitrogen and oxygen atoms in total. The van der Waals surface area contributed by atoms with Crippen LogP contribution >= 0.6 is 27.3 Å². The van der Waals surface area contributed by atoms with Gasteiger partial charge in [-0.05, 0) is 42.7 Å². The quantitative estimate of drug-likeness (QED) is 0.316. The van der Waals surface area contributed by atoms with Crippen LogP contribution in [-0.4, -0.2) is 16.2 Å². The van der Waals surface area contributed by atoms with Gasteiger partial charge in [-0.3, -0.25) is 9.36 Å². The van der Waals surface area contributed by atoms with Gasteiger partial charge in [-0.15, -0.1) is 11.3 Å². The number of ether oxygens (including phenoxy) is 1. The standard InChI is InChI=1S/C23H21BrN2O2S/c1-2-19-20(16-9-11-17(24)12-10-16)21-22(29-19)25-15-26(23(21)27)13-6-14-28-18-7-4-3-5-8-18/h3-5,7-12,15H,2,6,13-14H2,1H3. The average Bonchev–Trinajstić information content (AvgIpc) is 3.13. The number of aromatic nitrogens is 2. The van der Waals surface area contributed by atoms with Crippen LogP contribution < -0.4 is 10.3 Å². The Morgan fingerprint density at radius 1 is 1.10 bits per heavy atom. The lowest BCUT2D eigenvalue weighted by atomic mass is 10.0. The summed E-state index contributed by atoms with van der Waals surface area (Å²) in [6, 6.07) is 17.8. The number of aryl methyl sites for hydroxylation is 2. The molecule has 0 unspecified atom stereocenters. The highest BCUT2D eigenvalue weighted by Gasteiger charge is 2.18. The van der Waals surface area contributed by atoms with Gasteiger partial charge in [0, 0.05) is 21.5 Å². The monoisotopic (exact) mass is 468 g/mol. The molecule has 0 spiro atoms. The van der Waals surface area contributed by atoms with Gasteiger partial charge in [0.15, 0.2) is 0 Å². The smallest absolute Gasteiger partial charge is 0.262 e. The molecule has 148 valence electrons. The van der Waals surface area contributed by atoms with Crippen LogP contribution in [0.2, 0.25) is 0 Å². The summed E-state index contributed by atoms with van der Waals surface area (Å²) in [5.74, 6) is 0.844. The average molecular weight is 469 g/mol. The Balaban J connectivity index is 1.61. The van der Waals surface area contributed by atoms with E-state index in [0.29, 0.717) is 13.2 Å². The van der Waals surface area contributed by atoms with E-state index in [0.717, 1.165) is 44.4 Å². The zero-order valence-electron chi connectivity index (χ0n) is 16.1. The number of benzene rings is 2. The van der Waals surface area contributed by atoms with Gasteiger partial charge in [0.05, 0.1) is 18.3 Å². The van der Waals surface area contributed by atoms with E-state index in [-0.39, 0.29) is 5.56 Å². The lowest BCUT2D eigenvalue weighted by molar-refractivity contribution is 0.301. The van der Waals surface area contributed by atoms with Crippen molar-refractivity contribution in [2.24, 2.45) is 0 Å². The van der Waals surface area contributed by atoms with Gasteiger partial charge in [-0.1, -0.05) is 53.2 Å². The Labute approximate surface area is 181 Å². The lowest BCUT2D eigenvalue weighted by Crippen LogP contribution is -2.21. The summed E-state index contributed by atoms with van der Waals surface area (Å²) < 4.78 is 8.46. The number of fused-ring (bicyclic) bond motifs is 1. The Kier molecular flexibility index (Phi) is 6.11. The predicted molar refractivity (Wildman–Crippen MR) is 123 cm³/mol. The molecule has 0 N–H and O–H groups in total. The molecule has 2 aromatic heterocycles. The van der Waals surface area contributed by atoms with Crippen molar-refractivity contribution < 1.29 is 4.74 Å². The molecule has 0 aliphatic carbocycles. The van der Waals surface area contributed by atoms with Gasteiger partial charge < -0.3 is 4.74 Å². The van der Waals surface area contributed by atoms with Crippen LogP contribution in [0.5, 0.6) is 5.75 Å². The van der Waals surface area contributed by atoms with Crippen molar-refractivity contribution >= 4 is 37.5 Å². The Bertz CT molecular complexity index is 1170. The van der Waals surface area contributed by atoms with Crippen LogP contribution in [0.4, 0.5) is 0 Å². The first-order valence-electron chi connectivity index (χ1n) is 9.62. The molecule has 0 aliphatic heterocycles. The van der Waals surface area contributed by atoms with E-state index in [1.54, 1.807) is 22.2 Å². The van der Waals surface area contributed by atoms with Gasteiger partial charge in [0.25, 0.3) is 5.56 Å². The Hall–Kier alpha value is -2.44. The van der Waals surface area contributed by atoms with Crippen molar-refractivity contribution in [3.05, 3.63) is 80.6 Å². The summed E-state index contributed by atoms with van der Waals surface area (Å²) in [6.07, 6.45) is 3.27. The number of rotatable bonds is 7. The van der Waals surface area contributed by atoms with E-state index < -0.39 is 0 Å². The van der Waals surface area contributed by atoms with Crippen LogP contribution in [0.25, 0.3) is 21.3 Å². The van der Waals surface area contributed by atoms with E-state index in [1.165, 1.54) is 4.88 Å². The van der Waals surface area contributed by atoms with E-state index in [4.69, 9.17) is 4.74 Å². The van der Waals surface area contributed by atoms with E-state index in [9.17, 15) is 4.79 Å². The van der Waals surface area contributed by atoms with Crippen LogP contribution in [0, 0.1) is 0 Å². The lowest BCUT2D eigenvalue weighted by Gasteiger charge is -2.08. The van der Waals surface area contributed by atoms with Gasteiger partial charge in [0.1, 0.15) is 10.6 Å². The molecule has 0 fully saturated rings. The number of nitrogens with zero attached hydrogens (tertiary/aromatic N) is 2. The number of thiophene rings is 1. The second-order valence-corrected chi connectivity index (χ2v) is 8.70. The minimum Gasteiger partial charge on any atom is -0.494 e. The maximum absolute atomic E-state index is 13.3. The number of hydrogen-bond acceptors (Lipinski definition) is 4. The van der Waals surface area contributed by atoms with Crippen molar-refractivity contribution in [1.82, 2.24) is 9.55 Å². The fourth-order valence-corrected chi connectivity index (χ4v) is 4.70. The van der Waals surface area contributed by atoms with Crippen LogP contribution in [0.1, 0.15) is 18.2 Å². The highest BCUT2D eigenvalue weighted by atomic mass is 79.9. The molecule has 2 heterocycles. The van der Waals surface area contributed by atoms with E-state index in [2.05, 4.69) is 40.0 Å². The second-order valence-electron chi connectivity index (χ2n) is 6.70. The normalized spacial score (nSPS) is 11.1. The SMILES string of the molecule is CCc1sc2ncn(CCCOc3ccccc3)c(=O)c2c1-c1ccc(Br)cc1. The fraction of sp³-hybridized carbons (Fsp3) is 0.217. The minimum atomic E-state index is 0.0172. The second kappa shape index (κ2) is 8.93. The van der Waals surface area contributed by atoms with Crippen LogP contribution in [0.3, 0.4) is 0 Å². The molecule has 29 heavy (non-hydrogen) atoms. The van der Waals surface area contributed by atoms with Crippen LogP contribution in [-0.2, 0) is 13.0 Å². The Morgan fingerprint density at radius 3 is 2.59 bits per heavy atom. The van der Waals surface area contributed by atoms with Gasteiger partial charge in [0.2, 0.25) is 0 Å². The first-order chi connectivity index (χ1) is 14.2. The molecule has 0 atom stereocenters. The summed E-state index contributed by atoms with van der Waals surface area (Å²) in [5.41, 5.74) is 2.09. The predicted octanol–water partition coefficient (Wildman–Crippen LogP) is 5.92. The molecule has 0 aliphatic rings. The first-order valence-corrected chi connectivity index (χ1v) is 11.2. The van der Waals surface area contributed by atoms with Crippen molar-refractivity contribution in [3.8, 4) is 16.9 Å². The number of para-hydroxylation sites is 1. The fourth-order valence-electron chi connectivity index (χ4n) is 3.34. The summed E-state index contributed by atoms with van der Waals surface area (Å²) >= 11 is 5.10. The maximum atomic E-state index is 13.3. The molecule has 0 amide bonds. The molecule has 0 saturated heterocycles. The third-order valence-electron chi connectivity index (χ3n) is 4.76. The third-order valence-corrected chi connectivity index (χ3v) is 6.53. The summed E-state index contributed by atoms with van der Waals surface area (Å²) in [4.78, 5) is 19.8. The molecule has 0 saturated carbocycles. The molecule has 6 heteroatoms. The molecule has 0 radical (unpaired) electrons. The summed E-state index contributed by atoms with van der Waals surface area (Å²) in [7, 11) is 0. The summed E-state index contributed by atoms with van der Waals surface area (Å²) in [6.45, 7) is 3.25. The highest BCUT2D eigenvalue weighted by molar-refractivity contribution is 9.10. The van der Waals surface area contributed by atoms with E-state index in [1.807, 2.05) is 42.5 Å². The van der Waals surface area contributed by atoms with Gasteiger partial charge in [-0.25, -0.2) is 4.98 Å². The van der Waals surface area contributed by atoms with Crippen molar-refractivity contribution in [1.29, 1.82) is 0 Å². The molecular weight excluding hydrogens is 448 g/mol. The van der Waals surface area contributed by atoms with Crippen molar-refractivity contribution in [2.75, 3.05) is 6.61 Å². The Morgan fingerprint density at radius 2 is 1.86 bits per heavy atom. The molecular formula is C23H21BrN2O2S. The zero-order chi connectivity index (χ0) is 20.2. The molecule has 4 aromatic rings. The van der Waals surface area contributed by atoms with Crippen molar-refractivity contribution in [3.63, 3.8) is 0 Å². The zero-order valence-corrected chi connectivity index (χ0v) is 18.5. The number of halogens is 1. The summed E-state index contributed by atoms with van der Waals surface area (Å²) in [5, 5.41) is 0.723. The molecule has 4 rings (SSSR count). The maximum Gasteiger partial charge on any atom is 0.262 e. The molecule has 2 aromatic carbocycles. The largest absolute Gasteiger partial charge is 0.494 e. The molecule has 0 bridgehead atoms. The van der Waals surface area contributed by atoms with Gasteiger partial charge in [-0.2, -0.15) is 0 Å².